The number of allylic oxidation sites excluding steroid dienone is 1. The Hall–Kier alpha value is -2.50. The standard InChI is InChI=1S/C17H22N2O4/c1-6-23-16(20)14-11(2)18(3)17(21)19(4)15(14)12-7-9-13(22-5)10-8-12/h7-10,15H,6H2,1-5H3. The maximum absolute atomic E-state index is 12.4. The topological polar surface area (TPSA) is 59.1 Å². The van der Waals surface area contributed by atoms with Crippen LogP contribution in [-0.4, -0.2) is 49.6 Å². The van der Waals surface area contributed by atoms with E-state index in [1.807, 2.05) is 24.3 Å². The van der Waals surface area contributed by atoms with Crippen LogP contribution in [0.3, 0.4) is 0 Å². The number of carbonyl (C=O) groups excluding carboxylic acids is 2. The number of ether oxygens (including phenoxy) is 2. The average molecular weight is 318 g/mol. The number of methoxy groups -OCH3 is 1. The molecule has 0 saturated heterocycles. The smallest absolute Gasteiger partial charge is 0.338 e. The summed E-state index contributed by atoms with van der Waals surface area (Å²) in [5, 5.41) is 0. The zero-order chi connectivity index (χ0) is 17.1. The molecule has 1 aromatic rings. The Morgan fingerprint density at radius 3 is 2.35 bits per heavy atom. The molecule has 1 unspecified atom stereocenters. The molecule has 6 heteroatoms. The number of urea groups is 1. The lowest BCUT2D eigenvalue weighted by molar-refractivity contribution is -0.139. The highest BCUT2D eigenvalue weighted by atomic mass is 16.5. The van der Waals surface area contributed by atoms with Crippen molar-refractivity contribution < 1.29 is 19.1 Å². The fourth-order valence-corrected chi connectivity index (χ4v) is 2.71. The van der Waals surface area contributed by atoms with Gasteiger partial charge < -0.3 is 19.3 Å². The molecule has 0 aliphatic carbocycles. The van der Waals surface area contributed by atoms with Crippen LogP contribution in [0.4, 0.5) is 4.79 Å². The van der Waals surface area contributed by atoms with Crippen LogP contribution >= 0.6 is 0 Å². The van der Waals surface area contributed by atoms with Crippen molar-refractivity contribution >= 4 is 12.0 Å². The van der Waals surface area contributed by atoms with E-state index in [9.17, 15) is 9.59 Å². The van der Waals surface area contributed by atoms with Crippen LogP contribution in [0, 0.1) is 0 Å². The number of esters is 1. The molecule has 0 bridgehead atoms. The van der Waals surface area contributed by atoms with E-state index in [1.165, 1.54) is 4.90 Å². The first-order chi connectivity index (χ1) is 10.9. The van der Waals surface area contributed by atoms with Gasteiger partial charge in [0, 0.05) is 19.8 Å². The van der Waals surface area contributed by atoms with Crippen molar-refractivity contribution in [3.8, 4) is 5.75 Å². The molecular weight excluding hydrogens is 296 g/mol. The van der Waals surface area contributed by atoms with E-state index < -0.39 is 12.0 Å². The van der Waals surface area contributed by atoms with Crippen LogP contribution in [0.25, 0.3) is 0 Å². The van der Waals surface area contributed by atoms with Crippen LogP contribution in [0.1, 0.15) is 25.5 Å². The first-order valence-electron chi connectivity index (χ1n) is 7.44. The monoisotopic (exact) mass is 318 g/mol. The minimum absolute atomic E-state index is 0.170. The number of nitrogens with zero attached hydrogens (tertiary/aromatic N) is 2. The van der Waals surface area contributed by atoms with Crippen molar-refractivity contribution in [2.45, 2.75) is 19.9 Å². The quantitative estimate of drug-likeness (QED) is 0.801. The Balaban J connectivity index is 2.54. The first-order valence-corrected chi connectivity index (χ1v) is 7.44. The van der Waals surface area contributed by atoms with Crippen molar-refractivity contribution in [2.75, 3.05) is 27.8 Å². The third-order valence-electron chi connectivity index (χ3n) is 4.07. The summed E-state index contributed by atoms with van der Waals surface area (Å²) < 4.78 is 10.4. The van der Waals surface area contributed by atoms with Crippen molar-refractivity contribution in [3.63, 3.8) is 0 Å². The summed E-state index contributed by atoms with van der Waals surface area (Å²) in [7, 11) is 4.92. The predicted molar refractivity (Wildman–Crippen MR) is 86.0 cm³/mol. The van der Waals surface area contributed by atoms with Gasteiger partial charge in [-0.1, -0.05) is 12.1 Å². The molecule has 1 aliphatic rings. The van der Waals surface area contributed by atoms with Gasteiger partial charge in [-0.15, -0.1) is 0 Å². The second-order valence-electron chi connectivity index (χ2n) is 5.35. The number of hydrogen-bond donors (Lipinski definition) is 0. The fraction of sp³-hybridized carbons (Fsp3) is 0.412. The van der Waals surface area contributed by atoms with E-state index in [-0.39, 0.29) is 12.6 Å². The van der Waals surface area contributed by atoms with Gasteiger partial charge in [0.25, 0.3) is 0 Å². The second-order valence-corrected chi connectivity index (χ2v) is 5.35. The SMILES string of the molecule is CCOC(=O)C1=C(C)N(C)C(=O)N(C)C1c1ccc(OC)cc1. The number of likely N-dealkylation sites (N-methyl/N-ethyl adjacent to an activating group) is 1. The molecule has 0 aromatic heterocycles. The number of rotatable bonds is 4. The molecule has 0 N–H and O–H groups in total. The first kappa shape index (κ1) is 16.9. The van der Waals surface area contributed by atoms with E-state index in [0.29, 0.717) is 17.0 Å². The Morgan fingerprint density at radius 1 is 1.22 bits per heavy atom. The lowest BCUT2D eigenvalue weighted by Crippen LogP contribution is -2.47. The minimum Gasteiger partial charge on any atom is -0.497 e. The largest absolute Gasteiger partial charge is 0.497 e. The van der Waals surface area contributed by atoms with E-state index in [0.717, 1.165) is 5.56 Å². The molecule has 1 heterocycles. The molecule has 2 amide bonds. The normalized spacial score (nSPS) is 18.3. The van der Waals surface area contributed by atoms with Gasteiger partial charge in [-0.3, -0.25) is 0 Å². The maximum Gasteiger partial charge on any atom is 0.338 e. The third-order valence-corrected chi connectivity index (χ3v) is 4.07. The third kappa shape index (κ3) is 3.02. The Labute approximate surface area is 136 Å². The minimum atomic E-state index is -0.483. The maximum atomic E-state index is 12.4. The lowest BCUT2D eigenvalue weighted by atomic mass is 9.93. The van der Waals surface area contributed by atoms with Gasteiger partial charge in [-0.25, -0.2) is 9.59 Å². The predicted octanol–water partition coefficient (Wildman–Crippen LogP) is 2.57. The lowest BCUT2D eigenvalue weighted by Gasteiger charge is -2.39. The Kier molecular flexibility index (Phi) is 4.93. The molecule has 0 spiro atoms. The molecule has 2 rings (SSSR count). The van der Waals surface area contributed by atoms with Gasteiger partial charge >= 0.3 is 12.0 Å². The number of hydrogen-bond acceptors (Lipinski definition) is 4. The van der Waals surface area contributed by atoms with Gasteiger partial charge in [0.2, 0.25) is 0 Å². The average Bonchev–Trinajstić information content (AvgIpc) is 2.56. The van der Waals surface area contributed by atoms with Crippen LogP contribution in [0.2, 0.25) is 0 Å². The van der Waals surface area contributed by atoms with Gasteiger partial charge in [0.15, 0.2) is 0 Å². The van der Waals surface area contributed by atoms with Crippen molar-refractivity contribution in [1.29, 1.82) is 0 Å². The van der Waals surface area contributed by atoms with Crippen LogP contribution in [0.15, 0.2) is 35.5 Å². The molecule has 23 heavy (non-hydrogen) atoms. The molecule has 6 nitrogen and oxygen atoms in total. The highest BCUT2D eigenvalue weighted by Gasteiger charge is 2.39. The van der Waals surface area contributed by atoms with Crippen molar-refractivity contribution in [1.82, 2.24) is 9.80 Å². The molecule has 0 saturated carbocycles. The zero-order valence-electron chi connectivity index (χ0n) is 14.1. The van der Waals surface area contributed by atoms with Gasteiger partial charge in [0.05, 0.1) is 25.3 Å². The summed E-state index contributed by atoms with van der Waals surface area (Å²) >= 11 is 0. The summed E-state index contributed by atoms with van der Waals surface area (Å²) in [5.41, 5.74) is 1.91. The van der Waals surface area contributed by atoms with E-state index in [1.54, 1.807) is 40.0 Å². The summed E-state index contributed by atoms with van der Waals surface area (Å²) in [6.45, 7) is 3.80. The molecule has 0 radical (unpaired) electrons. The fourth-order valence-electron chi connectivity index (χ4n) is 2.71. The van der Waals surface area contributed by atoms with E-state index in [4.69, 9.17) is 9.47 Å². The molecule has 0 fully saturated rings. The highest BCUT2D eigenvalue weighted by molar-refractivity contribution is 5.94. The number of benzene rings is 1. The summed E-state index contributed by atoms with van der Waals surface area (Å²) in [6.07, 6.45) is 0. The number of carbonyl (C=O) groups is 2. The van der Waals surface area contributed by atoms with Crippen LogP contribution in [0.5, 0.6) is 5.75 Å². The molecule has 1 atom stereocenters. The van der Waals surface area contributed by atoms with Gasteiger partial charge in [-0.2, -0.15) is 0 Å². The summed E-state index contributed by atoms with van der Waals surface area (Å²) in [5.74, 6) is 0.311. The molecule has 1 aromatic carbocycles. The van der Waals surface area contributed by atoms with Gasteiger partial charge in [0.1, 0.15) is 5.75 Å². The zero-order valence-corrected chi connectivity index (χ0v) is 14.1. The van der Waals surface area contributed by atoms with Crippen molar-refractivity contribution in [2.24, 2.45) is 0 Å². The molecule has 1 aliphatic heterocycles. The Bertz CT molecular complexity index is 636. The van der Waals surface area contributed by atoms with Crippen LogP contribution < -0.4 is 4.74 Å². The summed E-state index contributed by atoms with van der Waals surface area (Å²) in [4.78, 5) is 27.9. The number of amides is 2. The summed E-state index contributed by atoms with van der Waals surface area (Å²) in [6, 6.07) is 6.67. The molecular formula is C17H22N2O4. The van der Waals surface area contributed by atoms with E-state index >= 15 is 0 Å². The highest BCUT2D eigenvalue weighted by Crippen LogP contribution is 2.36. The molecule has 124 valence electrons. The van der Waals surface area contributed by atoms with Crippen molar-refractivity contribution in [3.05, 3.63) is 41.1 Å². The Morgan fingerprint density at radius 2 is 1.83 bits per heavy atom. The van der Waals surface area contributed by atoms with Crippen LogP contribution in [-0.2, 0) is 9.53 Å². The van der Waals surface area contributed by atoms with Gasteiger partial charge in [-0.05, 0) is 31.5 Å². The second kappa shape index (κ2) is 6.73. The van der Waals surface area contributed by atoms with E-state index in [2.05, 4.69) is 0 Å².